The maximum atomic E-state index is 11.4. The van der Waals surface area contributed by atoms with E-state index >= 15 is 0 Å². The number of nitrogens with one attached hydrogen (secondary N) is 1. The monoisotopic (exact) mass is 262 g/mol. The molecule has 0 saturated carbocycles. The van der Waals surface area contributed by atoms with Crippen LogP contribution in [-0.4, -0.2) is 41.3 Å². The van der Waals surface area contributed by atoms with E-state index in [1.54, 1.807) is 0 Å². The van der Waals surface area contributed by atoms with Crippen LogP contribution in [0.3, 0.4) is 0 Å². The van der Waals surface area contributed by atoms with Gasteiger partial charge in [-0.05, 0) is 32.9 Å². The van der Waals surface area contributed by atoms with E-state index in [1.807, 2.05) is 6.92 Å². The summed E-state index contributed by atoms with van der Waals surface area (Å²) in [5, 5.41) is 3.06. The van der Waals surface area contributed by atoms with Gasteiger partial charge in [0.15, 0.2) is 0 Å². The van der Waals surface area contributed by atoms with E-state index in [0.717, 1.165) is 19.5 Å². The van der Waals surface area contributed by atoms with Crippen LogP contribution in [0.15, 0.2) is 0 Å². The van der Waals surface area contributed by atoms with Crippen molar-refractivity contribution in [1.82, 2.24) is 10.2 Å². The maximum Gasteiger partial charge on any atom is 0.233 e. The molecule has 1 amide bonds. The smallest absolute Gasteiger partial charge is 0.233 e. The molecule has 2 unspecified atom stereocenters. The molecule has 0 aromatic heterocycles. The van der Waals surface area contributed by atoms with E-state index in [9.17, 15) is 4.79 Å². The number of amides is 1. The number of rotatable bonds is 3. The summed E-state index contributed by atoms with van der Waals surface area (Å²) in [4.78, 5) is 13.7. The van der Waals surface area contributed by atoms with Crippen LogP contribution in [0.2, 0.25) is 0 Å². The fourth-order valence-corrected chi connectivity index (χ4v) is 1.91. The van der Waals surface area contributed by atoms with Gasteiger partial charge in [-0.3, -0.25) is 4.79 Å². The Morgan fingerprint density at radius 2 is 2.43 bits per heavy atom. The zero-order chi connectivity index (χ0) is 10.6. The van der Waals surface area contributed by atoms with Gasteiger partial charge in [0.2, 0.25) is 5.91 Å². The molecule has 1 N–H and O–H groups in total. The molecular formula is C10H19BrN2O. The minimum Gasteiger partial charge on any atom is -0.351 e. The summed E-state index contributed by atoms with van der Waals surface area (Å²) < 4.78 is 0. The molecule has 0 spiro atoms. The van der Waals surface area contributed by atoms with Crippen molar-refractivity contribution in [1.29, 1.82) is 0 Å². The lowest BCUT2D eigenvalue weighted by Crippen LogP contribution is -2.48. The second kappa shape index (κ2) is 5.71. The van der Waals surface area contributed by atoms with Crippen LogP contribution in [0, 0.1) is 0 Å². The van der Waals surface area contributed by atoms with E-state index in [2.05, 4.69) is 33.1 Å². The topological polar surface area (TPSA) is 32.3 Å². The fourth-order valence-electron chi connectivity index (χ4n) is 1.78. The average Bonchev–Trinajstić information content (AvgIpc) is 2.18. The molecule has 0 aliphatic carbocycles. The van der Waals surface area contributed by atoms with Crippen molar-refractivity contribution in [3.05, 3.63) is 0 Å². The van der Waals surface area contributed by atoms with Crippen LogP contribution in [0.25, 0.3) is 0 Å². The Morgan fingerprint density at radius 1 is 1.71 bits per heavy atom. The summed E-state index contributed by atoms with van der Waals surface area (Å²) in [7, 11) is 0. The Labute approximate surface area is 94.4 Å². The van der Waals surface area contributed by atoms with Gasteiger partial charge in [-0.2, -0.15) is 0 Å². The molecule has 1 heterocycles. The molecular weight excluding hydrogens is 244 g/mol. The number of nitrogens with zero attached hydrogens (tertiary/aromatic N) is 1. The molecule has 2 atom stereocenters. The zero-order valence-electron chi connectivity index (χ0n) is 8.92. The number of alkyl halides is 1. The molecule has 1 saturated heterocycles. The summed E-state index contributed by atoms with van der Waals surface area (Å²) in [6.45, 7) is 7.28. The molecule has 0 radical (unpaired) electrons. The Kier molecular flexibility index (Phi) is 4.89. The number of carbonyl (C=O) groups is 1. The Balaban J connectivity index is 2.34. The SMILES string of the molecule is CCN1CCCC(NC(=O)C(C)Br)C1. The minimum absolute atomic E-state index is 0.0838. The van der Waals surface area contributed by atoms with E-state index in [-0.39, 0.29) is 10.7 Å². The Morgan fingerprint density at radius 3 is 3.00 bits per heavy atom. The van der Waals surface area contributed by atoms with Gasteiger partial charge in [0.1, 0.15) is 0 Å². The van der Waals surface area contributed by atoms with Crippen molar-refractivity contribution >= 4 is 21.8 Å². The lowest BCUT2D eigenvalue weighted by atomic mass is 10.1. The lowest BCUT2D eigenvalue weighted by Gasteiger charge is -2.32. The summed E-state index contributed by atoms with van der Waals surface area (Å²) >= 11 is 3.27. The second-order valence-corrected chi connectivity index (χ2v) is 5.23. The summed E-state index contributed by atoms with van der Waals surface area (Å²) in [6, 6.07) is 0.344. The highest BCUT2D eigenvalue weighted by atomic mass is 79.9. The van der Waals surface area contributed by atoms with Crippen molar-refractivity contribution in [2.24, 2.45) is 0 Å². The van der Waals surface area contributed by atoms with Crippen LogP contribution in [0.5, 0.6) is 0 Å². The van der Waals surface area contributed by atoms with Crippen molar-refractivity contribution < 1.29 is 4.79 Å². The summed E-state index contributed by atoms with van der Waals surface area (Å²) in [5.74, 6) is 0.105. The van der Waals surface area contributed by atoms with E-state index in [4.69, 9.17) is 0 Å². The van der Waals surface area contributed by atoms with Crippen molar-refractivity contribution in [3.8, 4) is 0 Å². The fraction of sp³-hybridized carbons (Fsp3) is 0.900. The van der Waals surface area contributed by atoms with Gasteiger partial charge in [-0.15, -0.1) is 0 Å². The molecule has 82 valence electrons. The summed E-state index contributed by atoms with van der Waals surface area (Å²) in [5.41, 5.74) is 0. The van der Waals surface area contributed by atoms with Crippen molar-refractivity contribution in [3.63, 3.8) is 0 Å². The molecule has 0 aromatic rings. The largest absolute Gasteiger partial charge is 0.351 e. The van der Waals surface area contributed by atoms with Crippen LogP contribution in [0.1, 0.15) is 26.7 Å². The van der Waals surface area contributed by atoms with Gasteiger partial charge in [-0.1, -0.05) is 22.9 Å². The van der Waals surface area contributed by atoms with E-state index in [1.165, 1.54) is 13.0 Å². The highest BCUT2D eigenvalue weighted by molar-refractivity contribution is 9.10. The molecule has 0 aromatic carbocycles. The first kappa shape index (κ1) is 12.0. The van der Waals surface area contributed by atoms with Crippen molar-refractivity contribution in [2.45, 2.75) is 37.6 Å². The first-order chi connectivity index (χ1) is 6.63. The molecule has 0 bridgehead atoms. The third-order valence-electron chi connectivity index (χ3n) is 2.66. The molecule has 1 aliphatic rings. The Bertz CT molecular complexity index is 197. The van der Waals surface area contributed by atoms with Crippen LogP contribution >= 0.6 is 15.9 Å². The van der Waals surface area contributed by atoms with E-state index in [0.29, 0.717) is 6.04 Å². The number of hydrogen-bond donors (Lipinski definition) is 1. The second-order valence-electron chi connectivity index (χ2n) is 3.86. The van der Waals surface area contributed by atoms with Crippen LogP contribution < -0.4 is 5.32 Å². The highest BCUT2D eigenvalue weighted by Crippen LogP contribution is 2.10. The van der Waals surface area contributed by atoms with Gasteiger partial charge < -0.3 is 10.2 Å². The third-order valence-corrected chi connectivity index (χ3v) is 3.08. The Hall–Kier alpha value is -0.0900. The van der Waals surface area contributed by atoms with Gasteiger partial charge in [0, 0.05) is 12.6 Å². The first-order valence-corrected chi connectivity index (χ1v) is 6.22. The predicted molar refractivity (Wildman–Crippen MR) is 61.7 cm³/mol. The average molecular weight is 263 g/mol. The number of likely N-dealkylation sites (tertiary alicyclic amines) is 1. The first-order valence-electron chi connectivity index (χ1n) is 5.30. The van der Waals surface area contributed by atoms with Gasteiger partial charge in [0.25, 0.3) is 0 Å². The molecule has 4 heteroatoms. The number of carbonyl (C=O) groups excluding carboxylic acids is 1. The predicted octanol–water partition coefficient (Wildman–Crippen LogP) is 1.37. The zero-order valence-corrected chi connectivity index (χ0v) is 10.5. The molecule has 3 nitrogen and oxygen atoms in total. The minimum atomic E-state index is -0.0838. The molecule has 1 rings (SSSR count). The molecule has 1 fully saturated rings. The maximum absolute atomic E-state index is 11.4. The lowest BCUT2D eigenvalue weighted by molar-refractivity contribution is -0.121. The van der Waals surface area contributed by atoms with Gasteiger partial charge in [-0.25, -0.2) is 0 Å². The standard InChI is InChI=1S/C10H19BrN2O/c1-3-13-6-4-5-9(7-13)12-10(14)8(2)11/h8-9H,3-7H2,1-2H3,(H,12,14). The molecule has 1 aliphatic heterocycles. The highest BCUT2D eigenvalue weighted by Gasteiger charge is 2.21. The summed E-state index contributed by atoms with van der Waals surface area (Å²) in [6.07, 6.45) is 2.30. The quantitative estimate of drug-likeness (QED) is 0.780. The number of halogens is 1. The van der Waals surface area contributed by atoms with Gasteiger partial charge >= 0.3 is 0 Å². The van der Waals surface area contributed by atoms with Crippen LogP contribution in [0.4, 0.5) is 0 Å². The number of likely N-dealkylation sites (N-methyl/N-ethyl adjacent to an activating group) is 1. The van der Waals surface area contributed by atoms with Crippen LogP contribution in [-0.2, 0) is 4.79 Å². The molecule has 14 heavy (non-hydrogen) atoms. The third kappa shape index (κ3) is 3.58. The number of hydrogen-bond acceptors (Lipinski definition) is 2. The van der Waals surface area contributed by atoms with Gasteiger partial charge in [0.05, 0.1) is 4.83 Å². The van der Waals surface area contributed by atoms with E-state index < -0.39 is 0 Å². The number of piperidine rings is 1. The van der Waals surface area contributed by atoms with Crippen molar-refractivity contribution in [2.75, 3.05) is 19.6 Å². The normalized spacial score (nSPS) is 25.8.